The molecule has 4 aliphatic rings. The maximum Gasteiger partial charge on any atom is 0.233 e. The molecule has 0 aromatic heterocycles. The molecule has 4 rings (SSSR count). The van der Waals surface area contributed by atoms with E-state index in [2.05, 4.69) is 39.6 Å². The number of halogens is 1. The first-order valence-electron chi connectivity index (χ1n) is 11.8. The predicted molar refractivity (Wildman–Crippen MR) is 133 cm³/mol. The van der Waals surface area contributed by atoms with E-state index in [-0.39, 0.29) is 59.5 Å². The normalized spacial score (nSPS) is 30.6. The molecule has 2 aliphatic carbocycles. The van der Waals surface area contributed by atoms with E-state index >= 15 is 0 Å². The number of imide groups is 1. The quantitative estimate of drug-likeness (QED) is 0.123. The van der Waals surface area contributed by atoms with Crippen LogP contribution < -0.4 is 10.6 Å². The lowest BCUT2D eigenvalue weighted by atomic mass is 9.85. The lowest BCUT2D eigenvalue weighted by Gasteiger charge is -2.31. The van der Waals surface area contributed by atoms with Gasteiger partial charge in [0.1, 0.15) is 0 Å². The zero-order valence-electron chi connectivity index (χ0n) is 18.9. The highest BCUT2D eigenvalue weighted by molar-refractivity contribution is 14.0. The number of nitrogens with one attached hydrogen (secondary N) is 2. The number of fused-ring (bicyclic) bond motifs is 5. The van der Waals surface area contributed by atoms with Gasteiger partial charge in [0.2, 0.25) is 11.8 Å². The molecule has 4 unspecified atom stereocenters. The molecule has 174 valence electrons. The molecule has 0 spiro atoms. The Bertz CT molecular complexity index is 674. The van der Waals surface area contributed by atoms with E-state index in [1.807, 2.05) is 0 Å². The third-order valence-electron chi connectivity index (χ3n) is 7.64. The number of nitrogens with zero attached hydrogens (tertiary/aromatic N) is 3. The number of hydrogen-bond acceptors (Lipinski definition) is 4. The van der Waals surface area contributed by atoms with Crippen LogP contribution in [0.4, 0.5) is 0 Å². The van der Waals surface area contributed by atoms with Crippen molar-refractivity contribution in [3.8, 4) is 0 Å². The van der Waals surface area contributed by atoms with E-state index in [9.17, 15) is 9.59 Å². The number of allylic oxidation sites excluding steroid dienone is 2. The Hall–Kier alpha value is -1.16. The van der Waals surface area contributed by atoms with Gasteiger partial charge in [-0.15, -0.1) is 24.0 Å². The summed E-state index contributed by atoms with van der Waals surface area (Å²) in [5.41, 5.74) is 0. The molecule has 31 heavy (non-hydrogen) atoms. The van der Waals surface area contributed by atoms with Gasteiger partial charge in [-0.3, -0.25) is 19.5 Å². The Kier molecular flexibility index (Phi) is 8.78. The largest absolute Gasteiger partial charge is 0.356 e. The van der Waals surface area contributed by atoms with Gasteiger partial charge in [-0.05, 0) is 69.5 Å². The van der Waals surface area contributed by atoms with Gasteiger partial charge in [0.15, 0.2) is 5.96 Å². The van der Waals surface area contributed by atoms with Gasteiger partial charge >= 0.3 is 0 Å². The summed E-state index contributed by atoms with van der Waals surface area (Å²) >= 11 is 0. The van der Waals surface area contributed by atoms with Crippen molar-refractivity contribution in [1.29, 1.82) is 0 Å². The van der Waals surface area contributed by atoms with E-state index < -0.39 is 0 Å². The summed E-state index contributed by atoms with van der Waals surface area (Å²) in [5, 5.41) is 6.74. The van der Waals surface area contributed by atoms with Gasteiger partial charge in [-0.1, -0.05) is 19.1 Å². The molecule has 2 N–H and O–H groups in total. The third-order valence-corrected chi connectivity index (χ3v) is 7.64. The topological polar surface area (TPSA) is 77.0 Å². The number of piperidine rings is 1. The van der Waals surface area contributed by atoms with Crippen molar-refractivity contribution in [1.82, 2.24) is 20.4 Å². The van der Waals surface area contributed by atoms with Gasteiger partial charge in [0.25, 0.3) is 0 Å². The zero-order chi connectivity index (χ0) is 21.1. The van der Waals surface area contributed by atoms with E-state index in [1.165, 1.54) is 37.3 Å². The van der Waals surface area contributed by atoms with Crippen LogP contribution in [0.5, 0.6) is 0 Å². The highest BCUT2D eigenvalue weighted by Gasteiger charge is 2.58. The number of carbonyl (C=O) groups excluding carboxylic acids is 2. The molecule has 2 aliphatic heterocycles. The molecule has 2 saturated heterocycles. The van der Waals surface area contributed by atoms with Crippen LogP contribution in [0.15, 0.2) is 17.1 Å². The van der Waals surface area contributed by atoms with Crippen LogP contribution in [-0.2, 0) is 9.59 Å². The highest BCUT2D eigenvalue weighted by atomic mass is 127. The van der Waals surface area contributed by atoms with E-state index in [4.69, 9.17) is 0 Å². The summed E-state index contributed by atoms with van der Waals surface area (Å²) in [4.78, 5) is 33.8. The van der Waals surface area contributed by atoms with Crippen LogP contribution in [0.3, 0.4) is 0 Å². The molecular formula is C23H38IN5O2. The number of rotatable bonds is 8. The second-order valence-corrected chi connectivity index (χ2v) is 9.27. The molecule has 2 bridgehead atoms. The average molecular weight is 543 g/mol. The Morgan fingerprint density at radius 2 is 1.68 bits per heavy atom. The van der Waals surface area contributed by atoms with Crippen LogP contribution in [0.2, 0.25) is 0 Å². The predicted octanol–water partition coefficient (Wildman–Crippen LogP) is 2.09. The van der Waals surface area contributed by atoms with Crippen LogP contribution in [-0.4, -0.2) is 73.9 Å². The third kappa shape index (κ3) is 5.26. The zero-order valence-corrected chi connectivity index (χ0v) is 21.2. The summed E-state index contributed by atoms with van der Waals surface area (Å²) in [6.07, 6.45) is 9.78. The molecule has 0 radical (unpaired) electrons. The summed E-state index contributed by atoms with van der Waals surface area (Å²) in [6.45, 7) is 7.98. The fourth-order valence-electron chi connectivity index (χ4n) is 5.84. The van der Waals surface area contributed by atoms with Crippen LogP contribution in [0.25, 0.3) is 0 Å². The number of hydrogen-bond donors (Lipinski definition) is 2. The first-order chi connectivity index (χ1) is 14.6. The Morgan fingerprint density at radius 3 is 2.26 bits per heavy atom. The minimum atomic E-state index is -0.0842. The van der Waals surface area contributed by atoms with Gasteiger partial charge in [-0.2, -0.15) is 0 Å². The average Bonchev–Trinajstić information content (AvgIpc) is 3.45. The summed E-state index contributed by atoms with van der Waals surface area (Å²) in [7, 11) is 1.78. The number of guanidine groups is 1. The molecule has 8 heteroatoms. The second-order valence-electron chi connectivity index (χ2n) is 9.27. The van der Waals surface area contributed by atoms with Crippen molar-refractivity contribution in [2.24, 2.45) is 34.6 Å². The Morgan fingerprint density at radius 1 is 1.06 bits per heavy atom. The molecule has 7 nitrogen and oxygen atoms in total. The Labute approximate surface area is 203 Å². The standard InChI is InChI=1S/C23H37N5O2.HI/c1-3-27-13-8-16(9-14-27)7-11-26-23(24-2)25-10-4-12-28-21(29)19-17-5-6-18(15-17)20(19)22(28)30;/h5-6,16-20H,3-4,7-15H2,1-2H3,(H2,24,25,26);1H. The molecule has 4 atom stereocenters. The van der Waals surface area contributed by atoms with Crippen molar-refractivity contribution in [3.05, 3.63) is 12.2 Å². The van der Waals surface area contributed by atoms with Crippen molar-refractivity contribution >= 4 is 41.8 Å². The molecule has 0 aromatic carbocycles. The minimum absolute atomic E-state index is 0. The van der Waals surface area contributed by atoms with Crippen LogP contribution in [0.1, 0.15) is 39.0 Å². The van der Waals surface area contributed by atoms with Gasteiger partial charge in [0, 0.05) is 26.7 Å². The van der Waals surface area contributed by atoms with Gasteiger partial charge < -0.3 is 15.5 Å². The lowest BCUT2D eigenvalue weighted by molar-refractivity contribution is -0.140. The Balaban J connectivity index is 0.00000272. The minimum Gasteiger partial charge on any atom is -0.356 e. The number of amides is 2. The summed E-state index contributed by atoms with van der Waals surface area (Å²) < 4.78 is 0. The summed E-state index contributed by atoms with van der Waals surface area (Å²) in [6, 6.07) is 0. The molecule has 1 saturated carbocycles. The molecule has 3 fully saturated rings. The van der Waals surface area contributed by atoms with Crippen molar-refractivity contribution < 1.29 is 9.59 Å². The molecule has 0 aromatic rings. The van der Waals surface area contributed by atoms with Crippen LogP contribution >= 0.6 is 24.0 Å². The summed E-state index contributed by atoms with van der Waals surface area (Å²) in [5.74, 6) is 2.12. The van der Waals surface area contributed by atoms with Gasteiger partial charge in [0.05, 0.1) is 11.8 Å². The van der Waals surface area contributed by atoms with E-state index in [1.54, 1.807) is 7.05 Å². The number of likely N-dealkylation sites (tertiary alicyclic amines) is 2. The highest BCUT2D eigenvalue weighted by Crippen LogP contribution is 2.52. The monoisotopic (exact) mass is 543 g/mol. The SMILES string of the molecule is CCN1CCC(CCNC(=NC)NCCCN2C(=O)C3C4C=CC(C4)C3C2=O)CC1.I. The second kappa shape index (κ2) is 11.1. The molecule has 2 heterocycles. The van der Waals surface area contributed by atoms with Crippen molar-refractivity contribution in [2.75, 3.05) is 46.3 Å². The maximum atomic E-state index is 12.7. The first kappa shape index (κ1) is 24.5. The first-order valence-corrected chi connectivity index (χ1v) is 11.8. The van der Waals surface area contributed by atoms with Crippen molar-refractivity contribution in [3.63, 3.8) is 0 Å². The maximum absolute atomic E-state index is 12.7. The van der Waals surface area contributed by atoms with Crippen molar-refractivity contribution in [2.45, 2.75) is 39.0 Å². The fourth-order valence-corrected chi connectivity index (χ4v) is 5.84. The number of aliphatic imine (C=N–C) groups is 1. The van der Waals surface area contributed by atoms with E-state index in [0.717, 1.165) is 37.8 Å². The molecule has 2 amide bonds. The van der Waals surface area contributed by atoms with Gasteiger partial charge in [-0.25, -0.2) is 0 Å². The number of carbonyl (C=O) groups is 2. The van der Waals surface area contributed by atoms with Crippen LogP contribution in [0, 0.1) is 29.6 Å². The molecular weight excluding hydrogens is 505 g/mol. The fraction of sp³-hybridized carbons (Fsp3) is 0.783. The smallest absolute Gasteiger partial charge is 0.233 e. The lowest BCUT2D eigenvalue weighted by Crippen LogP contribution is -2.41. The van der Waals surface area contributed by atoms with E-state index in [0.29, 0.717) is 13.1 Å².